The van der Waals surface area contributed by atoms with Crippen LogP contribution in [0.25, 0.3) is 0 Å². The van der Waals surface area contributed by atoms with Crippen LogP contribution in [-0.2, 0) is 0 Å². The Balaban J connectivity index is 1.60. The smallest absolute Gasteiger partial charge is 0.257 e. The van der Waals surface area contributed by atoms with Crippen molar-refractivity contribution in [2.45, 2.75) is 45.6 Å². The van der Waals surface area contributed by atoms with Gasteiger partial charge in [-0.05, 0) is 81.2 Å². The van der Waals surface area contributed by atoms with Gasteiger partial charge >= 0.3 is 0 Å². The first-order valence-corrected chi connectivity index (χ1v) is 10.7. The van der Waals surface area contributed by atoms with Crippen LogP contribution in [0.5, 0.6) is 5.75 Å². The number of thiocarbonyl (C=S) groups is 1. The second kappa shape index (κ2) is 10.3. The predicted octanol–water partition coefficient (Wildman–Crippen LogP) is 4.98. The molecule has 1 heterocycles. The molecular weight excluding hydrogens is 382 g/mol. The maximum atomic E-state index is 12.5. The first-order valence-electron chi connectivity index (χ1n) is 10.3. The van der Waals surface area contributed by atoms with Crippen molar-refractivity contribution in [2.24, 2.45) is 0 Å². The van der Waals surface area contributed by atoms with E-state index in [0.29, 0.717) is 10.7 Å². The van der Waals surface area contributed by atoms with Gasteiger partial charge in [0.05, 0.1) is 17.5 Å². The molecule has 1 aliphatic rings. The summed E-state index contributed by atoms with van der Waals surface area (Å²) in [6.07, 6.45) is 4.76. The summed E-state index contributed by atoms with van der Waals surface area (Å²) in [5.74, 6) is 0.514. The fourth-order valence-electron chi connectivity index (χ4n) is 3.32. The Hall–Kier alpha value is -2.60. The molecule has 6 heteroatoms. The molecule has 0 unspecified atom stereocenters. The standard InChI is InChI=1S/C23H29N3O2S/c1-3-17(2)28-19-13-11-18(12-14-19)22(27)25-23(29)24-20-9-5-6-10-21(20)26-15-7-4-8-16-26/h5-6,9-14,17H,3-4,7-8,15-16H2,1-2H3,(H2,24,25,27,29)/t17-/m0/s1. The Morgan fingerprint density at radius 2 is 1.79 bits per heavy atom. The van der Waals surface area contributed by atoms with E-state index in [4.69, 9.17) is 17.0 Å². The quantitative estimate of drug-likeness (QED) is 0.657. The molecule has 0 spiro atoms. The van der Waals surface area contributed by atoms with Crippen molar-refractivity contribution < 1.29 is 9.53 Å². The van der Waals surface area contributed by atoms with Crippen molar-refractivity contribution in [2.75, 3.05) is 23.3 Å². The van der Waals surface area contributed by atoms with Gasteiger partial charge in [-0.1, -0.05) is 19.1 Å². The molecule has 1 fully saturated rings. The maximum absolute atomic E-state index is 12.5. The number of carbonyl (C=O) groups is 1. The van der Waals surface area contributed by atoms with Crippen molar-refractivity contribution in [3.8, 4) is 5.75 Å². The fourth-order valence-corrected chi connectivity index (χ4v) is 3.52. The summed E-state index contributed by atoms with van der Waals surface area (Å²) in [6.45, 7) is 6.18. The van der Waals surface area contributed by atoms with E-state index in [9.17, 15) is 4.79 Å². The van der Waals surface area contributed by atoms with Crippen LogP contribution in [-0.4, -0.2) is 30.2 Å². The van der Waals surface area contributed by atoms with Crippen LogP contribution in [0.4, 0.5) is 11.4 Å². The van der Waals surface area contributed by atoms with Gasteiger partial charge in [0.15, 0.2) is 5.11 Å². The number of ether oxygens (including phenoxy) is 1. The summed E-state index contributed by atoms with van der Waals surface area (Å²) >= 11 is 5.39. The molecule has 154 valence electrons. The zero-order chi connectivity index (χ0) is 20.6. The van der Waals surface area contributed by atoms with E-state index in [0.717, 1.165) is 36.6 Å². The number of carbonyl (C=O) groups excluding carboxylic acids is 1. The van der Waals surface area contributed by atoms with Crippen LogP contribution in [0.15, 0.2) is 48.5 Å². The number of nitrogens with zero attached hydrogens (tertiary/aromatic N) is 1. The van der Waals surface area contributed by atoms with E-state index in [-0.39, 0.29) is 12.0 Å². The SMILES string of the molecule is CC[C@H](C)Oc1ccc(C(=O)NC(=S)Nc2ccccc2N2CCCCC2)cc1. The molecule has 0 bridgehead atoms. The van der Waals surface area contributed by atoms with Gasteiger partial charge in [0.2, 0.25) is 0 Å². The highest BCUT2D eigenvalue weighted by atomic mass is 32.1. The third kappa shape index (κ3) is 5.94. The molecule has 29 heavy (non-hydrogen) atoms. The highest BCUT2D eigenvalue weighted by Gasteiger charge is 2.15. The largest absolute Gasteiger partial charge is 0.491 e. The van der Waals surface area contributed by atoms with E-state index in [1.165, 1.54) is 19.3 Å². The first kappa shape index (κ1) is 21.1. The number of benzene rings is 2. The van der Waals surface area contributed by atoms with Crippen molar-refractivity contribution >= 4 is 34.6 Å². The third-order valence-corrected chi connectivity index (χ3v) is 5.31. The number of rotatable bonds is 6. The minimum Gasteiger partial charge on any atom is -0.491 e. The number of piperidine rings is 1. The summed E-state index contributed by atoms with van der Waals surface area (Å²) in [7, 11) is 0. The normalized spacial score (nSPS) is 14.8. The van der Waals surface area contributed by atoms with Crippen LogP contribution in [0, 0.1) is 0 Å². The Labute approximate surface area is 178 Å². The summed E-state index contributed by atoms with van der Waals surface area (Å²) < 4.78 is 5.75. The minimum absolute atomic E-state index is 0.145. The van der Waals surface area contributed by atoms with Crippen molar-refractivity contribution in [3.05, 3.63) is 54.1 Å². The van der Waals surface area contributed by atoms with Gasteiger partial charge in [-0.3, -0.25) is 10.1 Å². The van der Waals surface area contributed by atoms with E-state index in [1.54, 1.807) is 12.1 Å². The lowest BCUT2D eigenvalue weighted by Crippen LogP contribution is -2.35. The topological polar surface area (TPSA) is 53.6 Å². The van der Waals surface area contributed by atoms with Crippen molar-refractivity contribution in [1.29, 1.82) is 0 Å². The van der Waals surface area contributed by atoms with Crippen LogP contribution in [0.2, 0.25) is 0 Å². The second-order valence-electron chi connectivity index (χ2n) is 7.33. The van der Waals surface area contributed by atoms with Gasteiger partial charge in [0.25, 0.3) is 5.91 Å². The fraction of sp³-hybridized carbons (Fsp3) is 0.391. The Morgan fingerprint density at radius 1 is 1.10 bits per heavy atom. The zero-order valence-corrected chi connectivity index (χ0v) is 17.9. The number of anilines is 2. The highest BCUT2D eigenvalue weighted by molar-refractivity contribution is 7.80. The summed E-state index contributed by atoms with van der Waals surface area (Å²) in [6, 6.07) is 15.2. The van der Waals surface area contributed by atoms with Gasteiger partial charge in [0, 0.05) is 18.7 Å². The lowest BCUT2D eigenvalue weighted by Gasteiger charge is -2.30. The number of para-hydroxylation sites is 2. The Bertz CT molecular complexity index is 832. The van der Waals surface area contributed by atoms with Gasteiger partial charge in [0.1, 0.15) is 5.75 Å². The highest BCUT2D eigenvalue weighted by Crippen LogP contribution is 2.28. The van der Waals surface area contributed by atoms with E-state index < -0.39 is 0 Å². The first-order chi connectivity index (χ1) is 14.1. The Morgan fingerprint density at radius 3 is 2.48 bits per heavy atom. The summed E-state index contributed by atoms with van der Waals surface area (Å²) in [5, 5.41) is 6.25. The van der Waals surface area contributed by atoms with Gasteiger partial charge in [-0.15, -0.1) is 0 Å². The lowest BCUT2D eigenvalue weighted by atomic mass is 10.1. The van der Waals surface area contributed by atoms with Crippen molar-refractivity contribution in [3.63, 3.8) is 0 Å². The molecule has 1 amide bonds. The van der Waals surface area contributed by atoms with Gasteiger partial charge in [-0.2, -0.15) is 0 Å². The molecule has 0 aliphatic carbocycles. The molecule has 1 aliphatic heterocycles. The van der Waals surface area contributed by atoms with E-state index in [1.807, 2.05) is 37.3 Å². The second-order valence-corrected chi connectivity index (χ2v) is 7.74. The average molecular weight is 412 g/mol. The van der Waals surface area contributed by atoms with Crippen LogP contribution in [0.3, 0.4) is 0 Å². The number of hydrogen-bond donors (Lipinski definition) is 2. The molecule has 0 aromatic heterocycles. The molecule has 0 saturated carbocycles. The summed E-state index contributed by atoms with van der Waals surface area (Å²) in [5.41, 5.74) is 2.57. The molecule has 1 atom stereocenters. The van der Waals surface area contributed by atoms with Crippen LogP contribution in [0.1, 0.15) is 49.9 Å². The molecule has 2 N–H and O–H groups in total. The summed E-state index contributed by atoms with van der Waals surface area (Å²) in [4.78, 5) is 14.9. The minimum atomic E-state index is -0.243. The third-order valence-electron chi connectivity index (χ3n) is 5.10. The Kier molecular flexibility index (Phi) is 7.47. The number of nitrogens with one attached hydrogen (secondary N) is 2. The zero-order valence-electron chi connectivity index (χ0n) is 17.1. The molecule has 3 rings (SSSR count). The van der Waals surface area contributed by atoms with E-state index in [2.05, 4.69) is 28.5 Å². The molecule has 2 aromatic carbocycles. The lowest BCUT2D eigenvalue weighted by molar-refractivity contribution is 0.0977. The predicted molar refractivity (Wildman–Crippen MR) is 123 cm³/mol. The van der Waals surface area contributed by atoms with Gasteiger partial charge < -0.3 is 15.0 Å². The van der Waals surface area contributed by atoms with Crippen LogP contribution < -0.4 is 20.3 Å². The molecule has 2 aromatic rings. The monoisotopic (exact) mass is 411 g/mol. The maximum Gasteiger partial charge on any atom is 0.257 e. The number of hydrogen-bond acceptors (Lipinski definition) is 4. The molecule has 5 nitrogen and oxygen atoms in total. The average Bonchev–Trinajstić information content (AvgIpc) is 2.75. The molecule has 0 radical (unpaired) electrons. The molecule has 1 saturated heterocycles. The van der Waals surface area contributed by atoms with Crippen LogP contribution >= 0.6 is 12.2 Å². The van der Waals surface area contributed by atoms with E-state index >= 15 is 0 Å². The number of amides is 1. The van der Waals surface area contributed by atoms with Crippen molar-refractivity contribution in [1.82, 2.24) is 5.32 Å². The van der Waals surface area contributed by atoms with Gasteiger partial charge in [-0.25, -0.2) is 0 Å². The molecular formula is C23H29N3O2S.